The van der Waals surface area contributed by atoms with E-state index >= 15 is 0 Å². The molecule has 186 valence electrons. The maximum Gasteiger partial charge on any atom is 0.346 e. The van der Waals surface area contributed by atoms with Crippen LogP contribution >= 0.6 is 9.90 Å². The van der Waals surface area contributed by atoms with E-state index in [2.05, 4.69) is 48.5 Å². The molecule has 0 fully saturated rings. The minimum Gasteiger partial charge on any atom is -0.386 e. The van der Waals surface area contributed by atoms with Gasteiger partial charge in [-0.05, 0) is 98.2 Å². The molecule has 1 unspecified atom stereocenters. The van der Waals surface area contributed by atoms with Crippen molar-refractivity contribution in [1.29, 1.82) is 0 Å². The van der Waals surface area contributed by atoms with Gasteiger partial charge >= 0.3 is 11.9 Å². The summed E-state index contributed by atoms with van der Waals surface area (Å²) >= 11 is 0. The van der Waals surface area contributed by atoms with Gasteiger partial charge in [-0.25, -0.2) is 9.59 Å². The molecule has 0 aliphatic carbocycles. The number of ether oxygens (including phenoxy) is 1. The van der Waals surface area contributed by atoms with Gasteiger partial charge in [0.25, 0.3) is 0 Å². The van der Waals surface area contributed by atoms with Crippen molar-refractivity contribution in [1.82, 2.24) is 0 Å². The number of hydrogen-bond acceptors (Lipinski definition) is 3. The normalized spacial score (nSPS) is 9.94. The molecule has 4 aromatic carbocycles. The van der Waals surface area contributed by atoms with Crippen LogP contribution in [0.25, 0.3) is 11.1 Å². The summed E-state index contributed by atoms with van der Waals surface area (Å²) in [7, 11) is 0. The summed E-state index contributed by atoms with van der Waals surface area (Å²) in [6, 6.07) is 27.9. The van der Waals surface area contributed by atoms with Crippen molar-refractivity contribution >= 4 is 21.8 Å². The fraction of sp³-hybridized carbons (Fsp3) is 0.188. The molecule has 0 saturated heterocycles. The summed E-state index contributed by atoms with van der Waals surface area (Å²) in [5, 5.41) is 0. The Bertz CT molecular complexity index is 1240. The Labute approximate surface area is 218 Å². The lowest BCUT2D eigenvalue weighted by Gasteiger charge is -2.12. The first-order valence-corrected chi connectivity index (χ1v) is 11.7. The van der Waals surface area contributed by atoms with Crippen LogP contribution in [0.3, 0.4) is 0 Å². The molecular formula is C32H35O3P. The van der Waals surface area contributed by atoms with Crippen LogP contribution in [0.4, 0.5) is 0 Å². The third kappa shape index (κ3) is 6.77. The van der Waals surface area contributed by atoms with Crippen LogP contribution in [0.15, 0.2) is 84.9 Å². The van der Waals surface area contributed by atoms with Crippen molar-refractivity contribution in [3.05, 3.63) is 129 Å². The van der Waals surface area contributed by atoms with Crippen LogP contribution in [0, 0.1) is 41.5 Å². The van der Waals surface area contributed by atoms with Crippen LogP contribution in [-0.4, -0.2) is 11.9 Å². The van der Waals surface area contributed by atoms with Gasteiger partial charge in [0.2, 0.25) is 0 Å². The second kappa shape index (κ2) is 13.0. The second-order valence-corrected chi connectivity index (χ2v) is 8.77. The van der Waals surface area contributed by atoms with Crippen LogP contribution in [0.2, 0.25) is 0 Å². The molecule has 0 bridgehead atoms. The van der Waals surface area contributed by atoms with E-state index in [1.54, 1.807) is 12.1 Å². The van der Waals surface area contributed by atoms with E-state index < -0.39 is 11.9 Å². The summed E-state index contributed by atoms with van der Waals surface area (Å²) in [6.45, 7) is 11.6. The Hall–Kier alpha value is -3.55. The second-order valence-electron chi connectivity index (χ2n) is 8.77. The predicted octanol–water partition coefficient (Wildman–Crippen LogP) is 7.95. The zero-order valence-corrected chi connectivity index (χ0v) is 23.4. The first-order valence-electron chi connectivity index (χ1n) is 11.7. The quantitative estimate of drug-likeness (QED) is 0.164. The molecule has 0 N–H and O–H groups in total. The molecule has 0 amide bonds. The minimum atomic E-state index is -0.603. The molecule has 3 nitrogen and oxygen atoms in total. The fourth-order valence-corrected chi connectivity index (χ4v) is 3.81. The molecule has 4 heteroatoms. The van der Waals surface area contributed by atoms with E-state index in [9.17, 15) is 9.59 Å². The summed E-state index contributed by atoms with van der Waals surface area (Å²) in [4.78, 5) is 24.7. The topological polar surface area (TPSA) is 43.4 Å². The lowest BCUT2D eigenvalue weighted by atomic mass is 9.98. The van der Waals surface area contributed by atoms with Crippen LogP contribution in [-0.2, 0) is 4.74 Å². The van der Waals surface area contributed by atoms with Gasteiger partial charge in [0.05, 0.1) is 11.1 Å². The number of benzene rings is 4. The highest BCUT2D eigenvalue weighted by Gasteiger charge is 2.20. The fourth-order valence-electron chi connectivity index (χ4n) is 3.81. The molecule has 0 spiro atoms. The van der Waals surface area contributed by atoms with Crippen molar-refractivity contribution in [2.75, 3.05) is 0 Å². The molecule has 0 aliphatic heterocycles. The van der Waals surface area contributed by atoms with Crippen molar-refractivity contribution in [3.63, 3.8) is 0 Å². The average Bonchev–Trinajstić information content (AvgIpc) is 2.87. The van der Waals surface area contributed by atoms with Crippen molar-refractivity contribution < 1.29 is 14.3 Å². The average molecular weight is 499 g/mol. The van der Waals surface area contributed by atoms with Gasteiger partial charge in [-0.3, -0.25) is 0 Å². The van der Waals surface area contributed by atoms with E-state index in [0.29, 0.717) is 11.1 Å². The van der Waals surface area contributed by atoms with E-state index in [4.69, 9.17) is 4.74 Å². The summed E-state index contributed by atoms with van der Waals surface area (Å²) < 4.78 is 5.10. The summed E-state index contributed by atoms with van der Waals surface area (Å²) in [5.74, 6) is -1.21. The highest BCUT2D eigenvalue weighted by Crippen LogP contribution is 2.21. The Morgan fingerprint density at radius 3 is 1.14 bits per heavy atom. The number of carbonyl (C=O) groups is 2. The lowest BCUT2D eigenvalue weighted by Crippen LogP contribution is -2.16. The van der Waals surface area contributed by atoms with Gasteiger partial charge in [0, 0.05) is 0 Å². The molecule has 36 heavy (non-hydrogen) atoms. The third-order valence-corrected chi connectivity index (χ3v) is 6.62. The number of aryl methyl sites for hydroxylation is 2. The number of carbonyl (C=O) groups excluding carboxylic acids is 2. The number of esters is 2. The van der Waals surface area contributed by atoms with Crippen LogP contribution in [0.1, 0.15) is 54.1 Å². The lowest BCUT2D eigenvalue weighted by molar-refractivity contribution is 0.0396. The first kappa shape index (κ1) is 28.7. The van der Waals surface area contributed by atoms with Crippen LogP contribution < -0.4 is 0 Å². The molecule has 0 heterocycles. The Balaban J connectivity index is 0.000000294. The first-order chi connectivity index (χ1) is 16.7. The van der Waals surface area contributed by atoms with Gasteiger partial charge in [-0.15, -0.1) is 0 Å². The van der Waals surface area contributed by atoms with Gasteiger partial charge in [-0.2, -0.15) is 9.90 Å². The van der Waals surface area contributed by atoms with E-state index in [-0.39, 0.29) is 9.90 Å². The largest absolute Gasteiger partial charge is 0.386 e. The molecule has 4 aromatic rings. The molecule has 1 atom stereocenters. The van der Waals surface area contributed by atoms with Crippen molar-refractivity contribution in [3.8, 4) is 11.1 Å². The Kier molecular flexibility index (Phi) is 10.3. The predicted molar refractivity (Wildman–Crippen MR) is 154 cm³/mol. The highest BCUT2D eigenvalue weighted by atomic mass is 31.0. The maximum atomic E-state index is 12.3. The minimum absolute atomic E-state index is 0. The number of rotatable bonds is 3. The monoisotopic (exact) mass is 498 g/mol. The standard InChI is InChI=1S/C20H22O3.C12H10.H3P/c1-11-7-9-17(15(5)13(11)3)19(21)23-20(22)18-10-8-12(2)14(4)16(18)6;1-3-7-11(8-4-1)12-9-5-2-6-10-12;/h7-10H,1-6H3;1-10H;1H3. The van der Waals surface area contributed by atoms with Gasteiger partial charge in [0.1, 0.15) is 0 Å². The van der Waals surface area contributed by atoms with E-state index in [1.165, 1.54) is 11.1 Å². The molecule has 0 aromatic heterocycles. The SMILES string of the molecule is Cc1ccc(C(=O)OC(=O)c2ccc(C)c(C)c2C)c(C)c1C.P.c1ccc(-c2ccccc2)cc1. The van der Waals surface area contributed by atoms with Crippen molar-refractivity contribution in [2.45, 2.75) is 41.5 Å². The molecular weight excluding hydrogens is 463 g/mol. The highest BCUT2D eigenvalue weighted by molar-refractivity contribution is 6.92. The Morgan fingerprint density at radius 2 is 0.806 bits per heavy atom. The third-order valence-electron chi connectivity index (χ3n) is 6.62. The van der Waals surface area contributed by atoms with E-state index in [0.717, 1.165) is 33.4 Å². The molecule has 0 saturated carbocycles. The van der Waals surface area contributed by atoms with Gasteiger partial charge in [0.15, 0.2) is 0 Å². The molecule has 0 radical (unpaired) electrons. The van der Waals surface area contributed by atoms with Crippen LogP contribution in [0.5, 0.6) is 0 Å². The summed E-state index contributed by atoms with van der Waals surface area (Å²) in [5.41, 5.74) is 9.40. The van der Waals surface area contributed by atoms with E-state index in [1.807, 2.05) is 65.8 Å². The number of hydrogen-bond donors (Lipinski definition) is 0. The Morgan fingerprint density at radius 1 is 0.472 bits per heavy atom. The van der Waals surface area contributed by atoms with Crippen molar-refractivity contribution in [2.24, 2.45) is 0 Å². The summed E-state index contributed by atoms with van der Waals surface area (Å²) in [6.07, 6.45) is 0. The maximum absolute atomic E-state index is 12.3. The smallest absolute Gasteiger partial charge is 0.346 e. The van der Waals surface area contributed by atoms with Gasteiger partial charge in [-0.1, -0.05) is 72.8 Å². The van der Waals surface area contributed by atoms with Gasteiger partial charge < -0.3 is 4.74 Å². The zero-order chi connectivity index (χ0) is 25.5. The zero-order valence-electron chi connectivity index (χ0n) is 22.0. The molecule has 4 rings (SSSR count). The molecule has 0 aliphatic rings.